The van der Waals surface area contributed by atoms with Crippen molar-refractivity contribution in [3.8, 4) is 0 Å². The van der Waals surface area contributed by atoms with Crippen molar-refractivity contribution in [2.45, 2.75) is 32.9 Å². The van der Waals surface area contributed by atoms with E-state index in [1.807, 2.05) is 90.3 Å². The Morgan fingerprint density at radius 2 is 1.66 bits per heavy atom. The lowest BCUT2D eigenvalue weighted by Gasteiger charge is -2.34. The third-order valence-corrected chi connectivity index (χ3v) is 6.67. The second-order valence-corrected chi connectivity index (χ2v) is 9.51. The van der Waals surface area contributed by atoms with Gasteiger partial charge >= 0.3 is 0 Å². The second-order valence-electron chi connectivity index (χ2n) is 9.51. The molecule has 1 aromatic heterocycles. The third kappa shape index (κ3) is 7.79. The van der Waals surface area contributed by atoms with E-state index in [1.165, 1.54) is 0 Å². The quantitative estimate of drug-likeness (QED) is 0.389. The Bertz CT molecular complexity index is 1160. The molecule has 1 aliphatic rings. The molecule has 1 fully saturated rings. The second kappa shape index (κ2) is 13.9. The number of carbonyl (C=O) groups is 2. The van der Waals surface area contributed by atoms with Crippen molar-refractivity contribution in [1.82, 2.24) is 24.8 Å². The molecule has 0 spiro atoms. The molecule has 0 aliphatic carbocycles. The van der Waals surface area contributed by atoms with Crippen LogP contribution in [0.15, 0.2) is 59.1 Å². The molecule has 1 saturated heterocycles. The van der Waals surface area contributed by atoms with Gasteiger partial charge in [0.15, 0.2) is 5.82 Å². The molecule has 2 heterocycles. The minimum atomic E-state index is 0. The summed E-state index contributed by atoms with van der Waals surface area (Å²) < 4.78 is 5.41. The highest BCUT2D eigenvalue weighted by molar-refractivity contribution is 5.94. The van der Waals surface area contributed by atoms with Crippen LogP contribution in [0.5, 0.6) is 0 Å². The number of hydrogen-bond donors (Lipinski definition) is 0. The predicted molar refractivity (Wildman–Crippen MR) is 149 cm³/mol. The number of rotatable bonds is 10. The maximum atomic E-state index is 12.9. The van der Waals surface area contributed by atoms with Gasteiger partial charge in [0, 0.05) is 77.5 Å². The lowest BCUT2D eigenvalue weighted by atomic mass is 10.1. The topological polar surface area (TPSA) is 86.0 Å². The van der Waals surface area contributed by atoms with Gasteiger partial charge in [-0.1, -0.05) is 35.5 Å². The molecule has 2 aromatic carbocycles. The van der Waals surface area contributed by atoms with Crippen LogP contribution in [0, 0.1) is 0 Å². The zero-order chi connectivity index (χ0) is 26.2. The Kier molecular flexibility index (Phi) is 10.7. The number of piperazine rings is 1. The molecular weight excluding hydrogens is 504 g/mol. The van der Waals surface area contributed by atoms with Gasteiger partial charge in [-0.15, -0.1) is 12.4 Å². The van der Waals surface area contributed by atoms with Crippen LogP contribution >= 0.6 is 12.4 Å². The predicted octanol–water partition coefficient (Wildman–Crippen LogP) is 3.50. The minimum absolute atomic E-state index is 0. The maximum Gasteiger partial charge on any atom is 0.253 e. The van der Waals surface area contributed by atoms with E-state index in [0.29, 0.717) is 62.8 Å². The molecule has 204 valence electrons. The Morgan fingerprint density at radius 1 is 0.974 bits per heavy atom. The molecule has 10 heteroatoms. The molecule has 3 aromatic rings. The first-order valence-electron chi connectivity index (χ1n) is 12.8. The molecule has 0 radical (unpaired) electrons. The average Bonchev–Trinajstić information content (AvgIpc) is 3.38. The maximum absolute atomic E-state index is 12.9. The SMILES string of the molecule is CCN(Cc1ccccc1)C(=O)CCc1nc(CN2CCN(C(=O)c3ccc(N(C)C)cc3)CC2)no1.Cl. The molecule has 0 saturated carbocycles. The molecule has 0 unspecified atom stereocenters. The number of nitrogens with zero attached hydrogens (tertiary/aromatic N) is 6. The van der Waals surface area contributed by atoms with Crippen LogP contribution in [-0.2, 0) is 24.3 Å². The van der Waals surface area contributed by atoms with Gasteiger partial charge in [0.2, 0.25) is 11.8 Å². The standard InChI is InChI=1S/C28H36N6O3.ClH/c1-4-33(20-22-8-6-5-7-9-22)27(35)15-14-26-29-25(30-37-26)21-32-16-18-34(19-17-32)28(36)23-10-12-24(13-11-23)31(2)3;/h5-13H,4,14-21H2,1-3H3;1H. The fourth-order valence-electron chi connectivity index (χ4n) is 4.40. The zero-order valence-electron chi connectivity index (χ0n) is 22.4. The number of benzene rings is 2. The summed E-state index contributed by atoms with van der Waals surface area (Å²) >= 11 is 0. The summed E-state index contributed by atoms with van der Waals surface area (Å²) in [7, 11) is 3.96. The lowest BCUT2D eigenvalue weighted by molar-refractivity contribution is -0.131. The van der Waals surface area contributed by atoms with Crippen molar-refractivity contribution >= 4 is 29.9 Å². The molecule has 2 amide bonds. The number of carbonyl (C=O) groups excluding carboxylic acids is 2. The van der Waals surface area contributed by atoms with Gasteiger partial charge in [-0.3, -0.25) is 14.5 Å². The fourth-order valence-corrected chi connectivity index (χ4v) is 4.40. The number of aryl methyl sites for hydroxylation is 1. The van der Waals surface area contributed by atoms with Crippen LogP contribution < -0.4 is 4.90 Å². The van der Waals surface area contributed by atoms with Crippen molar-refractivity contribution < 1.29 is 14.1 Å². The van der Waals surface area contributed by atoms with Crippen molar-refractivity contribution in [3.63, 3.8) is 0 Å². The van der Waals surface area contributed by atoms with E-state index < -0.39 is 0 Å². The average molecular weight is 541 g/mol. The third-order valence-electron chi connectivity index (χ3n) is 6.67. The van der Waals surface area contributed by atoms with E-state index in [2.05, 4.69) is 15.0 Å². The largest absolute Gasteiger partial charge is 0.378 e. The summed E-state index contributed by atoms with van der Waals surface area (Å²) in [5.74, 6) is 1.22. The number of halogens is 1. The number of amides is 2. The molecular formula is C28H37ClN6O3. The summed E-state index contributed by atoms with van der Waals surface area (Å²) in [5, 5.41) is 4.11. The highest BCUT2D eigenvalue weighted by atomic mass is 35.5. The molecule has 38 heavy (non-hydrogen) atoms. The van der Waals surface area contributed by atoms with Crippen molar-refractivity contribution in [3.05, 3.63) is 77.4 Å². The smallest absolute Gasteiger partial charge is 0.253 e. The molecule has 4 rings (SSSR count). The number of anilines is 1. The number of aromatic nitrogens is 2. The molecule has 0 bridgehead atoms. The van der Waals surface area contributed by atoms with E-state index in [4.69, 9.17) is 4.52 Å². The molecule has 0 atom stereocenters. The Labute approximate surface area is 230 Å². The van der Waals surface area contributed by atoms with Crippen LogP contribution in [0.3, 0.4) is 0 Å². The van der Waals surface area contributed by atoms with Gasteiger partial charge in [-0.05, 0) is 36.8 Å². The summed E-state index contributed by atoms with van der Waals surface area (Å²) in [6, 6.07) is 17.7. The van der Waals surface area contributed by atoms with E-state index in [-0.39, 0.29) is 24.2 Å². The first kappa shape index (κ1) is 29.1. The lowest BCUT2D eigenvalue weighted by Crippen LogP contribution is -2.48. The summed E-state index contributed by atoms with van der Waals surface area (Å²) in [6.45, 7) is 6.60. The normalized spacial score (nSPS) is 13.6. The Balaban J connectivity index is 0.00000400. The van der Waals surface area contributed by atoms with Crippen LogP contribution in [0.1, 0.15) is 41.0 Å². The van der Waals surface area contributed by atoms with Crippen LogP contribution in [0.2, 0.25) is 0 Å². The zero-order valence-corrected chi connectivity index (χ0v) is 23.2. The van der Waals surface area contributed by atoms with Gasteiger partial charge in [-0.2, -0.15) is 4.98 Å². The van der Waals surface area contributed by atoms with Gasteiger partial charge in [0.1, 0.15) is 0 Å². The van der Waals surface area contributed by atoms with E-state index in [9.17, 15) is 9.59 Å². The van der Waals surface area contributed by atoms with Gasteiger partial charge < -0.3 is 19.2 Å². The number of hydrogen-bond acceptors (Lipinski definition) is 7. The first-order valence-corrected chi connectivity index (χ1v) is 12.8. The first-order chi connectivity index (χ1) is 17.9. The highest BCUT2D eigenvalue weighted by Crippen LogP contribution is 2.16. The van der Waals surface area contributed by atoms with Crippen molar-refractivity contribution in [2.75, 3.05) is 51.7 Å². The molecule has 0 N–H and O–H groups in total. The fraction of sp³-hybridized carbons (Fsp3) is 0.429. The Morgan fingerprint density at radius 3 is 2.29 bits per heavy atom. The summed E-state index contributed by atoms with van der Waals surface area (Å²) in [6.07, 6.45) is 0.755. The monoisotopic (exact) mass is 540 g/mol. The van der Waals surface area contributed by atoms with E-state index in [0.717, 1.165) is 24.3 Å². The van der Waals surface area contributed by atoms with Crippen molar-refractivity contribution in [1.29, 1.82) is 0 Å². The molecule has 1 aliphatic heterocycles. The summed E-state index contributed by atoms with van der Waals surface area (Å²) in [4.78, 5) is 38.0. The Hall–Kier alpha value is -3.43. The van der Waals surface area contributed by atoms with Gasteiger partial charge in [0.05, 0.1) is 6.54 Å². The van der Waals surface area contributed by atoms with Gasteiger partial charge in [0.25, 0.3) is 5.91 Å². The minimum Gasteiger partial charge on any atom is -0.378 e. The van der Waals surface area contributed by atoms with Gasteiger partial charge in [-0.25, -0.2) is 0 Å². The van der Waals surface area contributed by atoms with Crippen LogP contribution in [0.4, 0.5) is 5.69 Å². The van der Waals surface area contributed by atoms with E-state index >= 15 is 0 Å². The van der Waals surface area contributed by atoms with E-state index in [1.54, 1.807) is 0 Å². The highest BCUT2D eigenvalue weighted by Gasteiger charge is 2.23. The van der Waals surface area contributed by atoms with Crippen LogP contribution in [-0.4, -0.2) is 83.5 Å². The summed E-state index contributed by atoms with van der Waals surface area (Å²) in [5.41, 5.74) is 2.89. The molecule has 9 nitrogen and oxygen atoms in total. The van der Waals surface area contributed by atoms with Crippen LogP contribution in [0.25, 0.3) is 0 Å². The van der Waals surface area contributed by atoms with Crippen molar-refractivity contribution in [2.24, 2.45) is 0 Å².